The number of unbranched alkanes of at least 4 members (excludes halogenated alkanes) is 1. The molecule has 9 heteroatoms. The van der Waals surface area contributed by atoms with E-state index in [1.165, 1.54) is 17.0 Å². The Balaban J connectivity index is 1.71. The third-order valence-electron chi connectivity index (χ3n) is 5.92. The largest absolute Gasteiger partial charge is 0.354 e. The van der Waals surface area contributed by atoms with E-state index in [9.17, 15) is 22.8 Å². The fourth-order valence-corrected chi connectivity index (χ4v) is 5.47. The van der Waals surface area contributed by atoms with Crippen LogP contribution in [0.1, 0.15) is 49.0 Å². The number of rotatable bonds is 11. The number of fused-ring (bicyclic) bond motifs is 1. The fraction of sp³-hybridized carbons (Fsp3) is 0.400. The van der Waals surface area contributed by atoms with Gasteiger partial charge in [-0.15, -0.1) is 0 Å². The monoisotopic (exact) mass is 485 g/mol. The molecule has 0 saturated heterocycles. The highest BCUT2D eigenvalue weighted by atomic mass is 32.2. The van der Waals surface area contributed by atoms with E-state index in [2.05, 4.69) is 5.32 Å². The summed E-state index contributed by atoms with van der Waals surface area (Å²) in [4.78, 5) is 39.9. The summed E-state index contributed by atoms with van der Waals surface area (Å²) in [6, 6.07) is 14.9. The Morgan fingerprint density at radius 1 is 1.06 bits per heavy atom. The summed E-state index contributed by atoms with van der Waals surface area (Å²) >= 11 is 0. The van der Waals surface area contributed by atoms with Crippen LogP contribution in [0.4, 0.5) is 0 Å². The zero-order valence-electron chi connectivity index (χ0n) is 19.6. The van der Waals surface area contributed by atoms with Gasteiger partial charge in [0.1, 0.15) is 10.9 Å². The molecule has 2 aromatic rings. The predicted molar refractivity (Wildman–Crippen MR) is 129 cm³/mol. The van der Waals surface area contributed by atoms with Gasteiger partial charge in [0.25, 0.3) is 15.9 Å². The lowest BCUT2D eigenvalue weighted by Gasteiger charge is -2.29. The van der Waals surface area contributed by atoms with E-state index in [0.29, 0.717) is 19.5 Å². The third-order valence-corrected chi connectivity index (χ3v) is 7.76. The molecule has 0 radical (unpaired) electrons. The normalized spacial score (nSPS) is 15.0. The van der Waals surface area contributed by atoms with Gasteiger partial charge in [0.2, 0.25) is 11.8 Å². The molecule has 0 spiro atoms. The molecule has 1 aliphatic heterocycles. The van der Waals surface area contributed by atoms with Gasteiger partial charge >= 0.3 is 0 Å². The Labute approximate surface area is 201 Å². The van der Waals surface area contributed by atoms with Crippen molar-refractivity contribution in [1.82, 2.24) is 14.5 Å². The minimum atomic E-state index is -3.99. The molecule has 0 unspecified atom stereocenters. The third kappa shape index (κ3) is 5.64. The van der Waals surface area contributed by atoms with Gasteiger partial charge < -0.3 is 10.2 Å². The zero-order valence-corrected chi connectivity index (χ0v) is 20.4. The van der Waals surface area contributed by atoms with Crippen LogP contribution in [0.15, 0.2) is 59.5 Å². The highest BCUT2D eigenvalue weighted by Gasteiger charge is 2.41. The van der Waals surface area contributed by atoms with E-state index in [-0.39, 0.29) is 35.2 Å². The van der Waals surface area contributed by atoms with Crippen LogP contribution >= 0.6 is 0 Å². The Kier molecular flexibility index (Phi) is 8.44. The molecule has 0 saturated carbocycles. The molecule has 3 amide bonds. The van der Waals surface area contributed by atoms with Crippen LogP contribution < -0.4 is 5.32 Å². The summed E-state index contributed by atoms with van der Waals surface area (Å²) in [5, 5.41) is 2.85. The average Bonchev–Trinajstić information content (AvgIpc) is 3.03. The number of hydrogen-bond donors (Lipinski definition) is 1. The van der Waals surface area contributed by atoms with Gasteiger partial charge in [-0.3, -0.25) is 14.4 Å². The molecule has 3 rings (SSSR count). The molecule has 182 valence electrons. The standard InChI is InChI=1S/C25H31N3O5S/c1-3-4-16-26-24(30)19(2)27(17-14-20-10-6-5-7-11-20)23(29)15-18-28-25(31)21-12-8-9-13-22(21)34(28,32)33/h5-13,19H,3-4,14-18H2,1-2H3,(H,26,30)/t19-/m1/s1. The summed E-state index contributed by atoms with van der Waals surface area (Å²) in [6.07, 6.45) is 2.11. The topological polar surface area (TPSA) is 104 Å². The first kappa shape index (κ1) is 25.4. The van der Waals surface area contributed by atoms with Gasteiger partial charge in [0, 0.05) is 26.1 Å². The van der Waals surface area contributed by atoms with Gasteiger partial charge in [0.05, 0.1) is 5.56 Å². The van der Waals surface area contributed by atoms with Crippen LogP contribution in [0.5, 0.6) is 0 Å². The molecule has 1 atom stereocenters. The molecular weight excluding hydrogens is 454 g/mol. The summed E-state index contributed by atoms with van der Waals surface area (Å²) in [5.41, 5.74) is 1.13. The van der Waals surface area contributed by atoms with Gasteiger partial charge in [0.15, 0.2) is 0 Å². The van der Waals surface area contributed by atoms with Crippen LogP contribution in [0.2, 0.25) is 0 Å². The molecule has 0 fully saturated rings. The summed E-state index contributed by atoms with van der Waals surface area (Å²) < 4.78 is 26.3. The lowest BCUT2D eigenvalue weighted by molar-refractivity contribution is -0.139. The molecule has 0 aromatic heterocycles. The number of carbonyl (C=O) groups excluding carboxylic acids is 3. The Bertz CT molecular complexity index is 1130. The zero-order chi connectivity index (χ0) is 24.7. The van der Waals surface area contributed by atoms with Crippen molar-refractivity contribution in [2.24, 2.45) is 0 Å². The van der Waals surface area contributed by atoms with Crippen LogP contribution in [0, 0.1) is 0 Å². The maximum atomic E-state index is 13.2. The highest BCUT2D eigenvalue weighted by Crippen LogP contribution is 2.30. The lowest BCUT2D eigenvalue weighted by Crippen LogP contribution is -2.49. The van der Waals surface area contributed by atoms with Crippen molar-refractivity contribution in [3.05, 3.63) is 65.7 Å². The first-order chi connectivity index (χ1) is 16.3. The smallest absolute Gasteiger partial charge is 0.269 e. The van der Waals surface area contributed by atoms with Crippen LogP contribution in [0.3, 0.4) is 0 Å². The number of hydrogen-bond acceptors (Lipinski definition) is 5. The van der Waals surface area contributed by atoms with Gasteiger partial charge in [-0.05, 0) is 37.5 Å². The molecule has 2 aromatic carbocycles. The van der Waals surface area contributed by atoms with Gasteiger partial charge in [-0.25, -0.2) is 12.7 Å². The maximum Gasteiger partial charge on any atom is 0.269 e. The Morgan fingerprint density at radius 3 is 2.41 bits per heavy atom. The van der Waals surface area contributed by atoms with Crippen LogP contribution in [-0.2, 0) is 26.0 Å². The van der Waals surface area contributed by atoms with Gasteiger partial charge in [-0.2, -0.15) is 0 Å². The van der Waals surface area contributed by atoms with Crippen LogP contribution in [0.25, 0.3) is 0 Å². The second kappa shape index (κ2) is 11.3. The molecule has 34 heavy (non-hydrogen) atoms. The van der Waals surface area contributed by atoms with E-state index in [0.717, 1.165) is 22.7 Å². The Morgan fingerprint density at radius 2 is 1.74 bits per heavy atom. The number of carbonyl (C=O) groups is 3. The van der Waals surface area contributed by atoms with Crippen molar-refractivity contribution < 1.29 is 22.8 Å². The molecule has 0 aliphatic carbocycles. The second-order valence-electron chi connectivity index (χ2n) is 8.27. The highest BCUT2D eigenvalue weighted by molar-refractivity contribution is 7.90. The first-order valence-corrected chi connectivity index (χ1v) is 13.0. The average molecular weight is 486 g/mol. The molecule has 0 bridgehead atoms. The summed E-state index contributed by atoms with van der Waals surface area (Å²) in [5.74, 6) is -1.27. The molecule has 1 aliphatic rings. The van der Waals surface area contributed by atoms with E-state index in [1.807, 2.05) is 37.3 Å². The van der Waals surface area contributed by atoms with Crippen molar-refractivity contribution in [2.75, 3.05) is 19.6 Å². The minimum Gasteiger partial charge on any atom is -0.354 e. The number of nitrogens with zero attached hydrogens (tertiary/aromatic N) is 2. The number of amides is 3. The minimum absolute atomic E-state index is 0.0444. The number of sulfonamides is 1. The van der Waals surface area contributed by atoms with Crippen molar-refractivity contribution in [2.45, 2.75) is 50.5 Å². The SMILES string of the molecule is CCCCNC(=O)[C@@H](C)N(CCc1ccccc1)C(=O)CCN1C(=O)c2ccccc2S1(=O)=O. The van der Waals surface area contributed by atoms with Crippen molar-refractivity contribution in [1.29, 1.82) is 0 Å². The van der Waals surface area contributed by atoms with E-state index in [4.69, 9.17) is 0 Å². The second-order valence-corrected chi connectivity index (χ2v) is 10.1. The quantitative estimate of drug-likeness (QED) is 0.493. The summed E-state index contributed by atoms with van der Waals surface area (Å²) in [6.45, 7) is 4.24. The summed E-state index contributed by atoms with van der Waals surface area (Å²) in [7, 11) is -3.99. The molecule has 1 N–H and O–H groups in total. The molecule has 8 nitrogen and oxygen atoms in total. The number of benzene rings is 2. The van der Waals surface area contributed by atoms with E-state index < -0.39 is 22.0 Å². The maximum absolute atomic E-state index is 13.2. The predicted octanol–water partition coefficient (Wildman–Crippen LogP) is 2.60. The van der Waals surface area contributed by atoms with Crippen molar-refractivity contribution in [3.8, 4) is 0 Å². The van der Waals surface area contributed by atoms with Gasteiger partial charge in [-0.1, -0.05) is 55.8 Å². The van der Waals surface area contributed by atoms with E-state index in [1.54, 1.807) is 19.1 Å². The fourth-order valence-electron chi connectivity index (χ4n) is 3.90. The molecule has 1 heterocycles. The van der Waals surface area contributed by atoms with Crippen molar-refractivity contribution in [3.63, 3.8) is 0 Å². The molecular formula is C25H31N3O5S. The number of nitrogens with one attached hydrogen (secondary N) is 1. The lowest BCUT2D eigenvalue weighted by atomic mass is 10.1. The van der Waals surface area contributed by atoms with Crippen molar-refractivity contribution >= 4 is 27.7 Å². The Hall–Kier alpha value is -3.20. The van der Waals surface area contributed by atoms with Crippen LogP contribution in [-0.4, -0.2) is 61.0 Å². The first-order valence-electron chi connectivity index (χ1n) is 11.5. The van der Waals surface area contributed by atoms with E-state index >= 15 is 0 Å².